The van der Waals surface area contributed by atoms with Gasteiger partial charge < -0.3 is 15.0 Å². The van der Waals surface area contributed by atoms with E-state index in [1.165, 1.54) is 19.5 Å². The van der Waals surface area contributed by atoms with Gasteiger partial charge in [0.25, 0.3) is 5.91 Å². The number of nitrogens with zero attached hydrogens (tertiary/aromatic N) is 2. The molecule has 5 nitrogen and oxygen atoms in total. The molecule has 3 heterocycles. The topological polar surface area (TPSA) is 54.5 Å². The second-order valence-corrected chi connectivity index (χ2v) is 7.20. The van der Waals surface area contributed by atoms with Crippen molar-refractivity contribution in [1.82, 2.24) is 15.2 Å². The van der Waals surface area contributed by atoms with E-state index in [-0.39, 0.29) is 11.9 Å². The van der Waals surface area contributed by atoms with Gasteiger partial charge in [-0.05, 0) is 55.6 Å². The van der Waals surface area contributed by atoms with Gasteiger partial charge in [-0.3, -0.25) is 4.79 Å². The number of halogens is 1. The summed E-state index contributed by atoms with van der Waals surface area (Å²) in [6.07, 6.45) is 3.94. The molecule has 0 spiro atoms. The highest BCUT2D eigenvalue weighted by molar-refractivity contribution is 6.30. The van der Waals surface area contributed by atoms with Crippen molar-refractivity contribution in [2.45, 2.75) is 18.9 Å². The number of rotatable bonds is 4. The Kier molecular flexibility index (Phi) is 4.59. The van der Waals surface area contributed by atoms with E-state index < -0.39 is 0 Å². The molecule has 2 aliphatic rings. The number of aromatic nitrogens is 1. The van der Waals surface area contributed by atoms with Crippen LogP contribution >= 0.6 is 11.6 Å². The van der Waals surface area contributed by atoms with Gasteiger partial charge in [-0.1, -0.05) is 11.6 Å². The molecule has 2 aromatic rings. The Morgan fingerprint density at radius 3 is 2.84 bits per heavy atom. The van der Waals surface area contributed by atoms with Crippen molar-refractivity contribution in [3.63, 3.8) is 0 Å². The second-order valence-electron chi connectivity index (χ2n) is 6.76. The quantitative estimate of drug-likeness (QED) is 0.911. The molecule has 3 atom stereocenters. The monoisotopic (exact) mass is 357 g/mol. The fraction of sp³-hybridized carbons (Fsp3) is 0.368. The highest BCUT2D eigenvalue weighted by atomic mass is 35.5. The first-order valence-corrected chi connectivity index (χ1v) is 8.96. The molecule has 1 N–H and O–H groups in total. The minimum Gasteiger partial charge on any atom is -0.439 e. The Morgan fingerprint density at radius 1 is 1.24 bits per heavy atom. The third-order valence-electron chi connectivity index (χ3n) is 4.84. The Labute approximate surface area is 152 Å². The van der Waals surface area contributed by atoms with Crippen LogP contribution in [0.1, 0.15) is 23.2 Å². The summed E-state index contributed by atoms with van der Waals surface area (Å²) in [7, 11) is 0. The zero-order chi connectivity index (χ0) is 17.2. The normalized spacial score (nSPS) is 24.8. The minimum absolute atomic E-state index is 0.0278. The number of nitrogens with one attached hydrogen (secondary N) is 1. The van der Waals surface area contributed by atoms with Crippen molar-refractivity contribution in [2.24, 2.45) is 5.92 Å². The fourth-order valence-electron chi connectivity index (χ4n) is 3.67. The van der Waals surface area contributed by atoms with E-state index in [9.17, 15) is 4.79 Å². The van der Waals surface area contributed by atoms with Gasteiger partial charge in [0.15, 0.2) is 0 Å². The van der Waals surface area contributed by atoms with Crippen LogP contribution in [0.5, 0.6) is 11.6 Å². The Morgan fingerprint density at radius 2 is 2.08 bits per heavy atom. The van der Waals surface area contributed by atoms with Crippen molar-refractivity contribution < 1.29 is 9.53 Å². The molecule has 1 aromatic carbocycles. The van der Waals surface area contributed by atoms with E-state index in [0.717, 1.165) is 18.9 Å². The van der Waals surface area contributed by atoms with Crippen LogP contribution in [0.2, 0.25) is 5.02 Å². The molecule has 1 unspecified atom stereocenters. The number of carbonyl (C=O) groups is 1. The first-order valence-electron chi connectivity index (χ1n) is 8.58. The summed E-state index contributed by atoms with van der Waals surface area (Å²) >= 11 is 5.92. The van der Waals surface area contributed by atoms with Gasteiger partial charge in [0.1, 0.15) is 5.75 Å². The second kappa shape index (κ2) is 7.02. The van der Waals surface area contributed by atoms with Crippen LogP contribution in [0.4, 0.5) is 0 Å². The maximum absolute atomic E-state index is 12.5. The number of amides is 1. The fourth-order valence-corrected chi connectivity index (χ4v) is 3.82. The van der Waals surface area contributed by atoms with Gasteiger partial charge in [-0.2, -0.15) is 0 Å². The summed E-state index contributed by atoms with van der Waals surface area (Å²) in [4.78, 5) is 19.0. The van der Waals surface area contributed by atoms with E-state index in [1.807, 2.05) is 0 Å². The van der Waals surface area contributed by atoms with E-state index in [4.69, 9.17) is 16.3 Å². The zero-order valence-electron chi connectivity index (χ0n) is 13.8. The molecule has 2 aliphatic heterocycles. The molecular formula is C19H20ClN3O2. The average Bonchev–Trinajstić information content (AvgIpc) is 2.94. The van der Waals surface area contributed by atoms with Crippen LogP contribution in [0.3, 0.4) is 0 Å². The standard InChI is InChI=1S/C19H20ClN3O2/c20-15-5-7-21-18(10-15)25-17-3-1-14(2-4-17)19(24)22-16-9-13-6-8-23(11-13)12-16/h1-5,7,10,13,16H,6,8-9,11-12H2,(H,22,24)/t13-,16-/m1/s1. The van der Waals surface area contributed by atoms with Gasteiger partial charge in [0, 0.05) is 42.0 Å². The third-order valence-corrected chi connectivity index (χ3v) is 5.07. The number of benzene rings is 1. The first-order chi connectivity index (χ1) is 12.2. The van der Waals surface area contributed by atoms with Crippen molar-refractivity contribution in [1.29, 1.82) is 0 Å². The van der Waals surface area contributed by atoms with E-state index in [2.05, 4.69) is 15.2 Å². The number of piperidine rings is 1. The molecule has 25 heavy (non-hydrogen) atoms. The van der Waals surface area contributed by atoms with Crippen LogP contribution in [0.15, 0.2) is 42.6 Å². The maximum Gasteiger partial charge on any atom is 0.251 e. The lowest BCUT2D eigenvalue weighted by molar-refractivity contribution is 0.0909. The number of ether oxygens (including phenoxy) is 1. The average molecular weight is 358 g/mol. The van der Waals surface area contributed by atoms with Crippen molar-refractivity contribution >= 4 is 17.5 Å². The molecule has 2 bridgehead atoms. The molecule has 6 heteroatoms. The van der Waals surface area contributed by atoms with Gasteiger partial charge in [0.05, 0.1) is 0 Å². The summed E-state index contributed by atoms with van der Waals surface area (Å²) in [5.74, 6) is 1.75. The lowest BCUT2D eigenvalue weighted by Crippen LogP contribution is -2.46. The SMILES string of the molecule is O=C(N[C@@H]1C[C@H]2CCN(C2)C1)c1ccc(Oc2cc(Cl)ccn2)cc1. The molecule has 0 aliphatic carbocycles. The molecule has 0 radical (unpaired) electrons. The molecule has 0 saturated carbocycles. The van der Waals surface area contributed by atoms with Crippen LogP contribution in [-0.2, 0) is 0 Å². The minimum atomic E-state index is -0.0278. The van der Waals surface area contributed by atoms with E-state index in [1.54, 1.807) is 42.6 Å². The van der Waals surface area contributed by atoms with Crippen LogP contribution in [0.25, 0.3) is 0 Å². The molecule has 1 amide bonds. The van der Waals surface area contributed by atoms with Crippen LogP contribution in [-0.4, -0.2) is 41.5 Å². The number of pyridine rings is 1. The van der Waals surface area contributed by atoms with Crippen molar-refractivity contribution in [3.8, 4) is 11.6 Å². The first kappa shape index (κ1) is 16.4. The highest BCUT2D eigenvalue weighted by Gasteiger charge is 2.32. The van der Waals surface area contributed by atoms with Gasteiger partial charge in [-0.25, -0.2) is 4.98 Å². The summed E-state index contributed by atoms with van der Waals surface area (Å²) in [6.45, 7) is 3.32. The number of hydrogen-bond acceptors (Lipinski definition) is 4. The third kappa shape index (κ3) is 3.94. The van der Waals surface area contributed by atoms with Crippen LogP contribution < -0.4 is 10.1 Å². The molecule has 2 fully saturated rings. The number of fused-ring (bicyclic) bond motifs is 2. The Bertz CT molecular complexity index is 754. The summed E-state index contributed by atoms with van der Waals surface area (Å²) in [5.41, 5.74) is 0.638. The molecule has 130 valence electrons. The molecule has 2 saturated heterocycles. The van der Waals surface area contributed by atoms with Crippen LogP contribution in [0, 0.1) is 5.92 Å². The molecule has 1 aromatic heterocycles. The van der Waals surface area contributed by atoms with Crippen molar-refractivity contribution in [2.75, 3.05) is 19.6 Å². The Hall–Kier alpha value is -2.11. The zero-order valence-corrected chi connectivity index (χ0v) is 14.6. The largest absolute Gasteiger partial charge is 0.439 e. The lowest BCUT2D eigenvalue weighted by Gasteiger charge is -2.30. The van der Waals surface area contributed by atoms with Gasteiger partial charge in [-0.15, -0.1) is 0 Å². The van der Waals surface area contributed by atoms with Gasteiger partial charge in [0.2, 0.25) is 5.88 Å². The number of carbonyl (C=O) groups excluding carboxylic acids is 1. The predicted octanol–water partition coefficient (Wildman–Crippen LogP) is 3.35. The number of hydrogen-bond donors (Lipinski definition) is 1. The van der Waals surface area contributed by atoms with Crippen molar-refractivity contribution in [3.05, 3.63) is 53.2 Å². The van der Waals surface area contributed by atoms with E-state index >= 15 is 0 Å². The highest BCUT2D eigenvalue weighted by Crippen LogP contribution is 2.27. The molecular weight excluding hydrogens is 338 g/mol. The maximum atomic E-state index is 12.5. The Balaban J connectivity index is 1.37. The lowest BCUT2D eigenvalue weighted by atomic mass is 9.96. The van der Waals surface area contributed by atoms with E-state index in [0.29, 0.717) is 22.2 Å². The smallest absolute Gasteiger partial charge is 0.251 e. The summed E-state index contributed by atoms with van der Waals surface area (Å²) < 4.78 is 5.65. The predicted molar refractivity (Wildman–Crippen MR) is 96.2 cm³/mol. The summed E-state index contributed by atoms with van der Waals surface area (Å²) in [6, 6.07) is 10.7. The van der Waals surface area contributed by atoms with Gasteiger partial charge >= 0.3 is 0 Å². The molecule has 4 rings (SSSR count). The summed E-state index contributed by atoms with van der Waals surface area (Å²) in [5, 5.41) is 3.73.